The number of carboxylic acid groups (broad SMARTS) is 1. The van der Waals surface area contributed by atoms with Crippen molar-refractivity contribution in [3.63, 3.8) is 0 Å². The van der Waals surface area contributed by atoms with Crippen molar-refractivity contribution in [3.8, 4) is 0 Å². The number of unbranched alkanes of at least 4 members (excludes halogenated alkanes) is 2. The molecule has 6 N–H and O–H groups in total. The second kappa shape index (κ2) is 17.3. The largest absolute Gasteiger partial charge is 0.481 e. The van der Waals surface area contributed by atoms with Crippen molar-refractivity contribution in [1.82, 2.24) is 26.6 Å². The Bertz CT molecular complexity index is 772. The summed E-state index contributed by atoms with van der Waals surface area (Å²) in [7, 11) is 0. The van der Waals surface area contributed by atoms with E-state index in [4.69, 9.17) is 5.11 Å². The van der Waals surface area contributed by atoms with Crippen LogP contribution < -0.4 is 26.6 Å². The molecule has 0 spiro atoms. The van der Waals surface area contributed by atoms with Gasteiger partial charge in [-0.25, -0.2) is 0 Å². The minimum atomic E-state index is -1.12. The SMILES string of the molecule is CCCCCC(=O)N[C@@H](CCC(=O)O)C(=O)N[C@@H](C)C(=O)N[C@@H](C)C(=O)N[C@@H](C)C(=O)NCC(C)C. The first-order valence-corrected chi connectivity index (χ1v) is 12.5. The molecule has 12 nitrogen and oxygen atoms in total. The van der Waals surface area contributed by atoms with Gasteiger partial charge in [0.05, 0.1) is 0 Å². The predicted molar refractivity (Wildman–Crippen MR) is 134 cm³/mol. The monoisotopic (exact) mass is 513 g/mol. The van der Waals surface area contributed by atoms with E-state index in [-0.39, 0.29) is 37.0 Å². The van der Waals surface area contributed by atoms with E-state index in [9.17, 15) is 28.8 Å². The van der Waals surface area contributed by atoms with Gasteiger partial charge in [-0.2, -0.15) is 0 Å². The van der Waals surface area contributed by atoms with Crippen molar-refractivity contribution >= 4 is 35.5 Å². The van der Waals surface area contributed by atoms with Crippen LogP contribution in [0.2, 0.25) is 0 Å². The summed E-state index contributed by atoms with van der Waals surface area (Å²) < 4.78 is 0. The fraction of sp³-hybridized carbons (Fsp3) is 0.750. The molecule has 5 amide bonds. The topological polar surface area (TPSA) is 183 Å². The van der Waals surface area contributed by atoms with E-state index in [1.165, 1.54) is 20.8 Å². The number of carbonyl (C=O) groups excluding carboxylic acids is 5. The fourth-order valence-corrected chi connectivity index (χ4v) is 2.98. The van der Waals surface area contributed by atoms with Crippen LogP contribution in [0.25, 0.3) is 0 Å². The first kappa shape index (κ1) is 32.8. The number of hydrogen-bond donors (Lipinski definition) is 6. The molecule has 0 aliphatic rings. The first-order chi connectivity index (χ1) is 16.8. The lowest BCUT2D eigenvalue weighted by molar-refractivity contribution is -0.138. The molecule has 0 aliphatic carbocycles. The summed E-state index contributed by atoms with van der Waals surface area (Å²) in [4.78, 5) is 72.7. The number of carbonyl (C=O) groups is 6. The molecule has 0 saturated carbocycles. The van der Waals surface area contributed by atoms with Crippen LogP contribution >= 0.6 is 0 Å². The lowest BCUT2D eigenvalue weighted by Gasteiger charge is -2.23. The fourth-order valence-electron chi connectivity index (χ4n) is 2.98. The van der Waals surface area contributed by atoms with E-state index in [0.717, 1.165) is 12.8 Å². The summed E-state index contributed by atoms with van der Waals surface area (Å²) in [6.45, 7) is 10.7. The van der Waals surface area contributed by atoms with Crippen LogP contribution in [0, 0.1) is 5.92 Å². The van der Waals surface area contributed by atoms with Crippen LogP contribution in [-0.4, -0.2) is 71.3 Å². The lowest BCUT2D eigenvalue weighted by Crippen LogP contribution is -2.56. The molecule has 0 aliphatic heterocycles. The van der Waals surface area contributed by atoms with Gasteiger partial charge in [-0.3, -0.25) is 28.8 Å². The zero-order valence-corrected chi connectivity index (χ0v) is 22.2. The normalized spacial score (nSPS) is 14.1. The van der Waals surface area contributed by atoms with E-state index in [1.807, 2.05) is 20.8 Å². The lowest BCUT2D eigenvalue weighted by atomic mass is 10.1. The van der Waals surface area contributed by atoms with Crippen LogP contribution in [0.15, 0.2) is 0 Å². The maximum atomic E-state index is 12.7. The molecule has 4 atom stereocenters. The van der Waals surface area contributed by atoms with Crippen LogP contribution in [0.1, 0.15) is 80.1 Å². The summed E-state index contributed by atoms with van der Waals surface area (Å²) in [5.74, 6) is -3.52. The average molecular weight is 514 g/mol. The molecule has 36 heavy (non-hydrogen) atoms. The molecular formula is C24H43N5O7. The van der Waals surface area contributed by atoms with Gasteiger partial charge in [0.1, 0.15) is 24.2 Å². The van der Waals surface area contributed by atoms with Gasteiger partial charge >= 0.3 is 5.97 Å². The molecule has 0 aromatic rings. The van der Waals surface area contributed by atoms with Gasteiger partial charge < -0.3 is 31.7 Å². The highest BCUT2D eigenvalue weighted by Gasteiger charge is 2.27. The Hall–Kier alpha value is -3.18. The third-order valence-corrected chi connectivity index (χ3v) is 5.25. The van der Waals surface area contributed by atoms with E-state index in [1.54, 1.807) is 0 Å². The zero-order valence-electron chi connectivity index (χ0n) is 22.2. The Labute approximate surface area is 213 Å². The summed E-state index contributed by atoms with van der Waals surface area (Å²) in [5, 5.41) is 21.6. The Kier molecular flexibility index (Phi) is 15.8. The number of rotatable bonds is 17. The first-order valence-electron chi connectivity index (χ1n) is 12.5. The van der Waals surface area contributed by atoms with Gasteiger partial charge in [0, 0.05) is 19.4 Å². The van der Waals surface area contributed by atoms with E-state index >= 15 is 0 Å². The van der Waals surface area contributed by atoms with E-state index in [0.29, 0.717) is 13.0 Å². The molecular weight excluding hydrogens is 470 g/mol. The van der Waals surface area contributed by atoms with Crippen molar-refractivity contribution < 1.29 is 33.9 Å². The highest BCUT2D eigenvalue weighted by Crippen LogP contribution is 2.03. The van der Waals surface area contributed by atoms with Gasteiger partial charge in [-0.1, -0.05) is 33.6 Å². The molecule has 0 bridgehead atoms. The molecule has 0 aromatic heterocycles. The van der Waals surface area contributed by atoms with Crippen molar-refractivity contribution in [2.75, 3.05) is 6.54 Å². The second-order valence-electron chi connectivity index (χ2n) is 9.34. The average Bonchev–Trinajstić information content (AvgIpc) is 2.79. The quantitative estimate of drug-likeness (QED) is 0.150. The summed E-state index contributed by atoms with van der Waals surface area (Å²) >= 11 is 0. The maximum Gasteiger partial charge on any atom is 0.303 e. The van der Waals surface area contributed by atoms with Gasteiger partial charge in [-0.05, 0) is 39.5 Å². The van der Waals surface area contributed by atoms with Crippen molar-refractivity contribution in [2.24, 2.45) is 5.92 Å². The van der Waals surface area contributed by atoms with Gasteiger partial charge in [-0.15, -0.1) is 0 Å². The van der Waals surface area contributed by atoms with E-state index in [2.05, 4.69) is 26.6 Å². The van der Waals surface area contributed by atoms with Crippen LogP contribution in [0.5, 0.6) is 0 Å². The summed E-state index contributed by atoms with van der Waals surface area (Å²) in [5.41, 5.74) is 0. The summed E-state index contributed by atoms with van der Waals surface area (Å²) in [6.07, 6.45) is 2.15. The molecule has 0 saturated heterocycles. The number of carboxylic acids is 1. The van der Waals surface area contributed by atoms with Crippen LogP contribution in [0.3, 0.4) is 0 Å². The molecule has 0 fully saturated rings. The number of aliphatic carboxylic acids is 1. The van der Waals surface area contributed by atoms with Crippen molar-refractivity contribution in [2.45, 2.75) is 104 Å². The smallest absolute Gasteiger partial charge is 0.303 e. The van der Waals surface area contributed by atoms with Gasteiger partial charge in [0.15, 0.2) is 0 Å². The van der Waals surface area contributed by atoms with Crippen molar-refractivity contribution in [3.05, 3.63) is 0 Å². The van der Waals surface area contributed by atoms with Crippen LogP contribution in [-0.2, 0) is 28.8 Å². The standard InChI is InChI=1S/C24H43N5O7/c1-7-8-9-10-19(30)29-18(11-12-20(31)32)24(36)28-17(6)23(35)27-16(5)22(34)26-15(4)21(33)25-13-14(2)3/h14-18H,7-13H2,1-6H3,(H,25,33)(H,26,34)(H,27,35)(H,28,36)(H,29,30)(H,31,32)/t15-,16-,17-,18-/m0/s1. The highest BCUT2D eigenvalue weighted by atomic mass is 16.4. The molecule has 0 aromatic carbocycles. The van der Waals surface area contributed by atoms with Crippen LogP contribution in [0.4, 0.5) is 0 Å². The molecule has 0 rings (SSSR count). The Morgan fingerprint density at radius 1 is 0.667 bits per heavy atom. The zero-order chi connectivity index (χ0) is 27.8. The Balaban J connectivity index is 4.87. The van der Waals surface area contributed by atoms with Crippen molar-refractivity contribution in [1.29, 1.82) is 0 Å². The van der Waals surface area contributed by atoms with Gasteiger partial charge in [0.25, 0.3) is 0 Å². The Morgan fingerprint density at radius 3 is 1.64 bits per heavy atom. The molecule has 0 heterocycles. The van der Waals surface area contributed by atoms with E-state index < -0.39 is 47.9 Å². The summed E-state index contributed by atoms with van der Waals surface area (Å²) in [6, 6.07) is -3.97. The maximum absolute atomic E-state index is 12.7. The second-order valence-corrected chi connectivity index (χ2v) is 9.34. The third kappa shape index (κ3) is 14.3. The molecule has 0 unspecified atom stereocenters. The number of amides is 5. The number of hydrogen-bond acceptors (Lipinski definition) is 6. The molecule has 206 valence electrons. The molecule has 0 radical (unpaired) electrons. The molecule has 12 heteroatoms. The number of nitrogens with one attached hydrogen (secondary N) is 5. The third-order valence-electron chi connectivity index (χ3n) is 5.25. The minimum absolute atomic E-state index is 0.134. The predicted octanol–water partition coefficient (Wildman–Crippen LogP) is 0.203. The Morgan fingerprint density at radius 2 is 1.17 bits per heavy atom. The van der Waals surface area contributed by atoms with Gasteiger partial charge in [0.2, 0.25) is 29.5 Å². The highest BCUT2D eigenvalue weighted by molar-refractivity contribution is 5.95. The minimum Gasteiger partial charge on any atom is -0.481 e.